The number of aryl methyl sites for hydroxylation is 1. The van der Waals surface area contributed by atoms with Crippen LogP contribution in [0.25, 0.3) is 0 Å². The smallest absolute Gasteiger partial charge is 0.306 e. The second kappa shape index (κ2) is 3.82. The van der Waals surface area contributed by atoms with Crippen LogP contribution in [-0.2, 0) is 9.53 Å². The number of hydrogen-bond acceptors (Lipinski definition) is 2. The molecule has 0 amide bonds. The Bertz CT molecular complexity index is 344. The molecule has 2 rings (SSSR count). The van der Waals surface area contributed by atoms with Crippen LogP contribution in [0.2, 0.25) is 0 Å². The summed E-state index contributed by atoms with van der Waals surface area (Å²) in [4.78, 5) is 11.1. The van der Waals surface area contributed by atoms with Gasteiger partial charge in [-0.3, -0.25) is 4.79 Å². The van der Waals surface area contributed by atoms with Gasteiger partial charge in [-0.25, -0.2) is 0 Å². The van der Waals surface area contributed by atoms with E-state index in [1.54, 1.807) is 0 Å². The minimum Gasteiger partial charge on any atom is -0.457 e. The van der Waals surface area contributed by atoms with Gasteiger partial charge >= 0.3 is 5.97 Å². The first-order chi connectivity index (χ1) is 6.77. The third-order valence-corrected chi connectivity index (χ3v) is 2.66. The van der Waals surface area contributed by atoms with Gasteiger partial charge in [-0.15, -0.1) is 0 Å². The van der Waals surface area contributed by atoms with Gasteiger partial charge in [0.25, 0.3) is 0 Å². The minimum absolute atomic E-state index is 0.0163. The van der Waals surface area contributed by atoms with Gasteiger partial charge in [0.15, 0.2) is 0 Å². The Kier molecular flexibility index (Phi) is 2.53. The molecular weight excluding hydrogens is 176 g/mol. The van der Waals surface area contributed by atoms with E-state index < -0.39 is 0 Å². The van der Waals surface area contributed by atoms with Gasteiger partial charge in [0.05, 0.1) is 0 Å². The maximum absolute atomic E-state index is 11.1. The van der Waals surface area contributed by atoms with Crippen LogP contribution in [0.3, 0.4) is 0 Å². The molecule has 0 bridgehead atoms. The largest absolute Gasteiger partial charge is 0.457 e. The van der Waals surface area contributed by atoms with Crippen molar-refractivity contribution in [1.82, 2.24) is 0 Å². The van der Waals surface area contributed by atoms with Crippen molar-refractivity contribution in [1.29, 1.82) is 0 Å². The van der Waals surface area contributed by atoms with E-state index in [4.69, 9.17) is 4.74 Å². The SMILES string of the molecule is Cc1ccccc1C1CCCC(=O)O1. The number of ether oxygens (including phenoxy) is 1. The molecule has 1 aliphatic heterocycles. The van der Waals surface area contributed by atoms with Gasteiger partial charge in [0, 0.05) is 6.42 Å². The molecule has 74 valence electrons. The van der Waals surface area contributed by atoms with E-state index in [9.17, 15) is 4.79 Å². The average molecular weight is 190 g/mol. The Morgan fingerprint density at radius 2 is 2.14 bits per heavy atom. The average Bonchev–Trinajstić information content (AvgIpc) is 2.18. The first-order valence-electron chi connectivity index (χ1n) is 5.02. The van der Waals surface area contributed by atoms with Crippen LogP contribution in [0.4, 0.5) is 0 Å². The van der Waals surface area contributed by atoms with E-state index in [2.05, 4.69) is 13.0 Å². The Morgan fingerprint density at radius 3 is 2.86 bits per heavy atom. The van der Waals surface area contributed by atoms with Gasteiger partial charge in [0.2, 0.25) is 0 Å². The van der Waals surface area contributed by atoms with Crippen molar-refractivity contribution < 1.29 is 9.53 Å². The summed E-state index contributed by atoms with van der Waals surface area (Å²) in [6, 6.07) is 8.09. The van der Waals surface area contributed by atoms with Crippen LogP contribution in [-0.4, -0.2) is 5.97 Å². The van der Waals surface area contributed by atoms with Gasteiger partial charge in [0.1, 0.15) is 6.10 Å². The molecule has 0 N–H and O–H groups in total. The van der Waals surface area contributed by atoms with Gasteiger partial charge < -0.3 is 4.74 Å². The number of cyclic esters (lactones) is 1. The zero-order valence-electron chi connectivity index (χ0n) is 8.32. The zero-order valence-corrected chi connectivity index (χ0v) is 8.32. The molecule has 1 atom stereocenters. The number of rotatable bonds is 1. The Hall–Kier alpha value is -1.31. The summed E-state index contributed by atoms with van der Waals surface area (Å²) in [6.45, 7) is 2.05. The molecule has 2 nitrogen and oxygen atoms in total. The maximum atomic E-state index is 11.1. The van der Waals surface area contributed by atoms with E-state index in [1.165, 1.54) is 5.56 Å². The van der Waals surface area contributed by atoms with Gasteiger partial charge in [-0.1, -0.05) is 24.3 Å². The minimum atomic E-state index is -0.0653. The maximum Gasteiger partial charge on any atom is 0.306 e. The molecule has 1 saturated heterocycles. The predicted molar refractivity (Wildman–Crippen MR) is 53.9 cm³/mol. The topological polar surface area (TPSA) is 26.3 Å². The highest BCUT2D eigenvalue weighted by atomic mass is 16.5. The van der Waals surface area contributed by atoms with E-state index in [-0.39, 0.29) is 12.1 Å². The number of carbonyl (C=O) groups is 1. The standard InChI is InChI=1S/C12H14O2/c1-9-5-2-3-6-10(9)11-7-4-8-12(13)14-11/h2-3,5-6,11H,4,7-8H2,1H3. The molecule has 1 aliphatic rings. The monoisotopic (exact) mass is 190 g/mol. The van der Waals surface area contributed by atoms with Crippen molar-refractivity contribution in [3.8, 4) is 0 Å². The van der Waals surface area contributed by atoms with Crippen LogP contribution < -0.4 is 0 Å². The Labute approximate surface area is 83.9 Å². The summed E-state index contributed by atoms with van der Waals surface area (Å²) in [5, 5.41) is 0. The van der Waals surface area contributed by atoms with Gasteiger partial charge in [-0.2, -0.15) is 0 Å². The highest BCUT2D eigenvalue weighted by Crippen LogP contribution is 2.30. The normalized spacial score (nSPS) is 21.8. The molecule has 1 unspecified atom stereocenters. The van der Waals surface area contributed by atoms with Crippen LogP contribution in [0.15, 0.2) is 24.3 Å². The second-order valence-electron chi connectivity index (χ2n) is 3.73. The first-order valence-corrected chi connectivity index (χ1v) is 5.02. The lowest BCUT2D eigenvalue weighted by Gasteiger charge is -2.23. The zero-order chi connectivity index (χ0) is 9.97. The molecule has 1 heterocycles. The summed E-state index contributed by atoms with van der Waals surface area (Å²) in [5.74, 6) is -0.0653. The second-order valence-corrected chi connectivity index (χ2v) is 3.73. The van der Waals surface area contributed by atoms with E-state index in [0.29, 0.717) is 6.42 Å². The molecule has 0 spiro atoms. The molecule has 0 aromatic heterocycles. The number of benzene rings is 1. The summed E-state index contributed by atoms with van der Waals surface area (Å²) in [6.07, 6.45) is 2.45. The highest BCUT2D eigenvalue weighted by Gasteiger charge is 2.22. The quantitative estimate of drug-likeness (QED) is 0.636. The van der Waals surface area contributed by atoms with Gasteiger partial charge in [-0.05, 0) is 30.9 Å². The molecule has 0 radical (unpaired) electrons. The molecule has 1 aromatic rings. The fourth-order valence-electron chi connectivity index (χ4n) is 1.88. The summed E-state index contributed by atoms with van der Waals surface area (Å²) in [7, 11) is 0. The van der Waals surface area contributed by atoms with Crippen molar-refractivity contribution in [3.05, 3.63) is 35.4 Å². The molecule has 1 aromatic carbocycles. The number of carbonyl (C=O) groups excluding carboxylic acids is 1. The van der Waals surface area contributed by atoms with Crippen molar-refractivity contribution in [2.24, 2.45) is 0 Å². The summed E-state index contributed by atoms with van der Waals surface area (Å²) < 4.78 is 5.31. The number of esters is 1. The summed E-state index contributed by atoms with van der Waals surface area (Å²) >= 11 is 0. The third-order valence-electron chi connectivity index (χ3n) is 2.66. The molecule has 2 heteroatoms. The van der Waals surface area contributed by atoms with Crippen molar-refractivity contribution in [3.63, 3.8) is 0 Å². The van der Waals surface area contributed by atoms with Crippen molar-refractivity contribution in [2.45, 2.75) is 32.3 Å². The predicted octanol–water partition coefficient (Wildman–Crippen LogP) is 2.76. The Balaban J connectivity index is 2.22. The molecule has 0 saturated carbocycles. The highest BCUT2D eigenvalue weighted by molar-refractivity contribution is 5.70. The summed E-state index contributed by atoms with van der Waals surface area (Å²) in [5.41, 5.74) is 2.35. The molecule has 14 heavy (non-hydrogen) atoms. The fraction of sp³-hybridized carbons (Fsp3) is 0.417. The number of hydrogen-bond donors (Lipinski definition) is 0. The first kappa shape index (κ1) is 9.25. The van der Waals surface area contributed by atoms with Crippen LogP contribution >= 0.6 is 0 Å². The lowest BCUT2D eigenvalue weighted by Crippen LogP contribution is -2.17. The lowest BCUT2D eigenvalue weighted by atomic mass is 9.97. The van der Waals surface area contributed by atoms with E-state index in [1.807, 2.05) is 18.2 Å². The third kappa shape index (κ3) is 1.79. The lowest BCUT2D eigenvalue weighted by molar-refractivity contribution is -0.154. The van der Waals surface area contributed by atoms with Crippen LogP contribution in [0.1, 0.15) is 36.5 Å². The fourth-order valence-corrected chi connectivity index (χ4v) is 1.88. The van der Waals surface area contributed by atoms with Crippen molar-refractivity contribution in [2.75, 3.05) is 0 Å². The van der Waals surface area contributed by atoms with E-state index >= 15 is 0 Å². The van der Waals surface area contributed by atoms with E-state index in [0.717, 1.165) is 18.4 Å². The molecular formula is C12H14O2. The van der Waals surface area contributed by atoms with Crippen molar-refractivity contribution >= 4 is 5.97 Å². The molecule has 1 fully saturated rings. The van der Waals surface area contributed by atoms with Crippen LogP contribution in [0, 0.1) is 6.92 Å². The van der Waals surface area contributed by atoms with Crippen LogP contribution in [0.5, 0.6) is 0 Å². The molecule has 0 aliphatic carbocycles. The Morgan fingerprint density at radius 1 is 1.36 bits per heavy atom.